The summed E-state index contributed by atoms with van der Waals surface area (Å²) >= 11 is 3.05. The highest BCUT2D eigenvalue weighted by Crippen LogP contribution is 2.26. The number of ether oxygens (including phenoxy) is 1. The molecule has 2 rings (SSSR count). The van der Waals surface area contributed by atoms with Gasteiger partial charge in [0, 0.05) is 15.6 Å². The first-order chi connectivity index (χ1) is 10.0. The molecule has 0 unspecified atom stereocenters. The van der Waals surface area contributed by atoms with E-state index in [2.05, 4.69) is 15.9 Å². The fourth-order valence-corrected chi connectivity index (χ4v) is 2.15. The molecule has 2 aromatic rings. The van der Waals surface area contributed by atoms with E-state index in [0.29, 0.717) is 15.6 Å². The van der Waals surface area contributed by atoms with Crippen molar-refractivity contribution in [1.82, 2.24) is 5.43 Å². The minimum absolute atomic E-state index is 0.101. The largest absolute Gasteiger partial charge is 0.486 e. The highest BCUT2D eigenvalue weighted by Gasteiger charge is 2.14. The van der Waals surface area contributed by atoms with E-state index in [1.807, 2.05) is 5.43 Å². The number of carbonyl (C=O) groups is 1. The Balaban J connectivity index is 2.23. The van der Waals surface area contributed by atoms with Crippen LogP contribution in [0.3, 0.4) is 0 Å². The van der Waals surface area contributed by atoms with Crippen LogP contribution in [-0.2, 0) is 6.61 Å². The van der Waals surface area contributed by atoms with E-state index < -0.39 is 17.5 Å². The molecule has 0 heterocycles. The standard InChI is InChI=1S/C14H11BrF2N2O2/c15-9-5-11(16)13(17)12(6-9)21-7-8-3-1-2-4-10(8)14(20)19-18/h1-6H,7,18H2,(H,19,20). The summed E-state index contributed by atoms with van der Waals surface area (Å²) in [5, 5.41) is 0. The number of hydrogen-bond acceptors (Lipinski definition) is 3. The maximum atomic E-state index is 13.6. The SMILES string of the molecule is NNC(=O)c1ccccc1COc1cc(Br)cc(F)c1F. The predicted octanol–water partition coefficient (Wildman–Crippen LogP) is 2.91. The lowest BCUT2D eigenvalue weighted by atomic mass is 10.1. The minimum Gasteiger partial charge on any atom is -0.486 e. The van der Waals surface area contributed by atoms with Crippen molar-refractivity contribution in [3.8, 4) is 5.75 Å². The molecule has 0 radical (unpaired) electrons. The number of hydrazine groups is 1. The van der Waals surface area contributed by atoms with Gasteiger partial charge < -0.3 is 4.74 Å². The number of halogens is 3. The molecule has 0 aliphatic carbocycles. The summed E-state index contributed by atoms with van der Waals surface area (Å²) < 4.78 is 32.5. The molecule has 4 nitrogen and oxygen atoms in total. The zero-order valence-electron chi connectivity index (χ0n) is 10.7. The van der Waals surface area contributed by atoms with Crippen LogP contribution in [0.25, 0.3) is 0 Å². The summed E-state index contributed by atoms with van der Waals surface area (Å²) in [4.78, 5) is 11.6. The Morgan fingerprint density at radius 3 is 2.71 bits per heavy atom. The Morgan fingerprint density at radius 2 is 2.00 bits per heavy atom. The highest BCUT2D eigenvalue weighted by atomic mass is 79.9. The number of nitrogen functional groups attached to an aromatic ring is 1. The monoisotopic (exact) mass is 356 g/mol. The molecule has 0 bridgehead atoms. The summed E-state index contributed by atoms with van der Waals surface area (Å²) in [6.07, 6.45) is 0. The quantitative estimate of drug-likeness (QED) is 0.383. The van der Waals surface area contributed by atoms with Crippen molar-refractivity contribution >= 4 is 21.8 Å². The molecule has 0 aliphatic rings. The van der Waals surface area contributed by atoms with Crippen molar-refractivity contribution < 1.29 is 18.3 Å². The molecule has 7 heteroatoms. The molecule has 3 N–H and O–H groups in total. The lowest BCUT2D eigenvalue weighted by molar-refractivity contribution is 0.0951. The topological polar surface area (TPSA) is 64.3 Å². The van der Waals surface area contributed by atoms with E-state index in [9.17, 15) is 13.6 Å². The van der Waals surface area contributed by atoms with Gasteiger partial charge in [0.05, 0.1) is 0 Å². The van der Waals surface area contributed by atoms with Crippen LogP contribution in [-0.4, -0.2) is 5.91 Å². The molecule has 0 fully saturated rings. The number of benzene rings is 2. The van der Waals surface area contributed by atoms with Gasteiger partial charge in [0.1, 0.15) is 6.61 Å². The molecular formula is C14H11BrF2N2O2. The van der Waals surface area contributed by atoms with Gasteiger partial charge in [0.15, 0.2) is 11.6 Å². The lowest BCUT2D eigenvalue weighted by Gasteiger charge is -2.11. The van der Waals surface area contributed by atoms with Crippen LogP contribution in [0.4, 0.5) is 8.78 Å². The van der Waals surface area contributed by atoms with Gasteiger partial charge in [0.2, 0.25) is 5.82 Å². The van der Waals surface area contributed by atoms with Crippen LogP contribution < -0.4 is 16.0 Å². The first-order valence-electron chi connectivity index (χ1n) is 5.89. The third kappa shape index (κ3) is 3.56. The number of rotatable bonds is 4. The molecular weight excluding hydrogens is 346 g/mol. The van der Waals surface area contributed by atoms with E-state index in [1.165, 1.54) is 6.07 Å². The van der Waals surface area contributed by atoms with Gasteiger partial charge in [-0.1, -0.05) is 34.1 Å². The Hall–Kier alpha value is -1.99. The van der Waals surface area contributed by atoms with Crippen LogP contribution in [0.2, 0.25) is 0 Å². The van der Waals surface area contributed by atoms with E-state index >= 15 is 0 Å². The van der Waals surface area contributed by atoms with Crippen LogP contribution in [0, 0.1) is 11.6 Å². The van der Waals surface area contributed by atoms with Crippen molar-refractivity contribution in [2.24, 2.45) is 5.84 Å². The predicted molar refractivity (Wildman–Crippen MR) is 76.5 cm³/mol. The van der Waals surface area contributed by atoms with E-state index in [-0.39, 0.29) is 12.4 Å². The first-order valence-corrected chi connectivity index (χ1v) is 6.68. The van der Waals surface area contributed by atoms with Crippen molar-refractivity contribution in [3.05, 3.63) is 63.6 Å². The number of nitrogens with two attached hydrogens (primary N) is 1. The third-order valence-corrected chi connectivity index (χ3v) is 3.19. The molecule has 1 amide bonds. The first kappa shape index (κ1) is 15.4. The zero-order chi connectivity index (χ0) is 15.4. The van der Waals surface area contributed by atoms with E-state index in [1.54, 1.807) is 24.3 Å². The van der Waals surface area contributed by atoms with Gasteiger partial charge in [0.25, 0.3) is 5.91 Å². The van der Waals surface area contributed by atoms with Gasteiger partial charge >= 0.3 is 0 Å². The Morgan fingerprint density at radius 1 is 1.29 bits per heavy atom. The van der Waals surface area contributed by atoms with Crippen molar-refractivity contribution in [2.75, 3.05) is 0 Å². The maximum absolute atomic E-state index is 13.6. The average Bonchev–Trinajstić information content (AvgIpc) is 2.49. The molecule has 0 aliphatic heterocycles. The molecule has 21 heavy (non-hydrogen) atoms. The maximum Gasteiger partial charge on any atom is 0.265 e. The molecule has 0 saturated heterocycles. The smallest absolute Gasteiger partial charge is 0.265 e. The number of amides is 1. The molecule has 110 valence electrons. The van der Waals surface area contributed by atoms with Crippen LogP contribution in [0.5, 0.6) is 5.75 Å². The summed E-state index contributed by atoms with van der Waals surface area (Å²) in [6, 6.07) is 8.86. The summed E-state index contributed by atoms with van der Waals surface area (Å²) in [5.74, 6) is 2.25. The number of hydrogen-bond donors (Lipinski definition) is 2. The normalized spacial score (nSPS) is 10.3. The van der Waals surface area contributed by atoms with Crippen molar-refractivity contribution in [2.45, 2.75) is 6.61 Å². The number of nitrogens with one attached hydrogen (secondary N) is 1. The molecule has 0 saturated carbocycles. The van der Waals surface area contributed by atoms with Crippen LogP contribution in [0.15, 0.2) is 40.9 Å². The lowest BCUT2D eigenvalue weighted by Crippen LogP contribution is -2.30. The summed E-state index contributed by atoms with van der Waals surface area (Å²) in [5.41, 5.74) is 2.82. The van der Waals surface area contributed by atoms with Gasteiger partial charge in [-0.15, -0.1) is 0 Å². The second-order valence-corrected chi connectivity index (χ2v) is 5.03. The Kier molecular flexibility index (Phi) is 4.87. The summed E-state index contributed by atoms with van der Waals surface area (Å²) in [6.45, 7) is -0.101. The number of carbonyl (C=O) groups excluding carboxylic acids is 1. The van der Waals surface area contributed by atoms with Gasteiger partial charge in [-0.25, -0.2) is 10.2 Å². The second kappa shape index (κ2) is 6.64. The third-order valence-electron chi connectivity index (χ3n) is 2.74. The molecule has 0 aromatic heterocycles. The van der Waals surface area contributed by atoms with E-state index in [4.69, 9.17) is 10.6 Å². The molecule has 0 spiro atoms. The van der Waals surface area contributed by atoms with Gasteiger partial charge in [-0.2, -0.15) is 4.39 Å². The van der Waals surface area contributed by atoms with Crippen LogP contribution in [0.1, 0.15) is 15.9 Å². The Bertz CT molecular complexity index is 680. The second-order valence-electron chi connectivity index (χ2n) is 4.12. The van der Waals surface area contributed by atoms with Crippen molar-refractivity contribution in [3.63, 3.8) is 0 Å². The Labute approximate surface area is 128 Å². The molecule has 0 atom stereocenters. The highest BCUT2D eigenvalue weighted by molar-refractivity contribution is 9.10. The molecule has 2 aromatic carbocycles. The minimum atomic E-state index is -1.08. The van der Waals surface area contributed by atoms with Crippen LogP contribution >= 0.6 is 15.9 Å². The van der Waals surface area contributed by atoms with Gasteiger partial charge in [-0.05, 0) is 18.2 Å². The fourth-order valence-electron chi connectivity index (χ4n) is 1.74. The average molecular weight is 357 g/mol. The van der Waals surface area contributed by atoms with Gasteiger partial charge in [-0.3, -0.25) is 10.2 Å². The fraction of sp³-hybridized carbons (Fsp3) is 0.0714. The van der Waals surface area contributed by atoms with E-state index in [0.717, 1.165) is 6.07 Å². The van der Waals surface area contributed by atoms with Crippen molar-refractivity contribution in [1.29, 1.82) is 0 Å². The zero-order valence-corrected chi connectivity index (χ0v) is 12.3. The summed E-state index contributed by atoms with van der Waals surface area (Å²) in [7, 11) is 0.